The van der Waals surface area contributed by atoms with Gasteiger partial charge in [0.25, 0.3) is 0 Å². The minimum Gasteiger partial charge on any atom is -0.460 e. The maximum absolute atomic E-state index is 13.3. The van der Waals surface area contributed by atoms with E-state index < -0.39 is 23.8 Å². The molecule has 164 valence electrons. The summed E-state index contributed by atoms with van der Waals surface area (Å²) in [6, 6.07) is 16.4. The first kappa shape index (κ1) is 21.7. The molecule has 2 aromatic carbocycles. The maximum Gasteiger partial charge on any atom is 0.315 e. The van der Waals surface area contributed by atoms with E-state index in [1.54, 1.807) is 24.3 Å². The molecule has 6 nitrogen and oxygen atoms in total. The molecule has 0 saturated carbocycles. The Kier molecular flexibility index (Phi) is 6.30. The van der Waals surface area contributed by atoms with Gasteiger partial charge in [0.2, 0.25) is 0 Å². The fourth-order valence-electron chi connectivity index (χ4n) is 4.40. The van der Waals surface area contributed by atoms with Crippen LogP contribution < -0.4 is 4.74 Å². The monoisotopic (exact) mass is 431 g/mol. The molecule has 2 atom stereocenters. The standard InChI is InChI=1S/C26H25NO5/c1-16-23(26(30)31-15-18-7-4-3-5-8-18)24(25-21(27-16)9-6-10-22(25)29)19-11-13-20(14-12-19)32-17(2)28/h3-5,7-8,11-14,23-24H,6,9-10,15H2,1-2H3/t23?,24-/m1/s1. The van der Waals surface area contributed by atoms with Crippen LogP contribution in [0.25, 0.3) is 0 Å². The number of esters is 2. The van der Waals surface area contributed by atoms with E-state index in [1.165, 1.54) is 6.92 Å². The summed E-state index contributed by atoms with van der Waals surface area (Å²) >= 11 is 0. The van der Waals surface area contributed by atoms with Crippen LogP contribution in [-0.4, -0.2) is 23.4 Å². The lowest BCUT2D eigenvalue weighted by Gasteiger charge is -2.34. The van der Waals surface area contributed by atoms with E-state index in [2.05, 4.69) is 4.99 Å². The Bertz CT molecular complexity index is 1100. The first-order valence-corrected chi connectivity index (χ1v) is 10.7. The van der Waals surface area contributed by atoms with Gasteiger partial charge in [0.15, 0.2) is 5.78 Å². The molecule has 1 aliphatic heterocycles. The number of carbonyl (C=O) groups excluding carboxylic acids is 3. The van der Waals surface area contributed by atoms with Gasteiger partial charge >= 0.3 is 11.9 Å². The smallest absolute Gasteiger partial charge is 0.315 e. The highest BCUT2D eigenvalue weighted by molar-refractivity contribution is 6.08. The lowest BCUT2D eigenvalue weighted by atomic mass is 9.72. The highest BCUT2D eigenvalue weighted by Crippen LogP contribution is 2.44. The van der Waals surface area contributed by atoms with E-state index in [9.17, 15) is 14.4 Å². The molecule has 6 heteroatoms. The average Bonchev–Trinajstić information content (AvgIpc) is 2.77. The number of rotatable bonds is 5. The normalized spacial score (nSPS) is 20.3. The molecule has 1 heterocycles. The van der Waals surface area contributed by atoms with Crippen molar-refractivity contribution in [2.45, 2.75) is 45.6 Å². The molecule has 0 amide bonds. The summed E-state index contributed by atoms with van der Waals surface area (Å²) in [6.07, 6.45) is 1.92. The summed E-state index contributed by atoms with van der Waals surface area (Å²) in [5.41, 5.74) is 3.69. The largest absolute Gasteiger partial charge is 0.460 e. The van der Waals surface area contributed by atoms with Crippen molar-refractivity contribution in [1.82, 2.24) is 0 Å². The third-order valence-electron chi connectivity index (χ3n) is 5.81. The summed E-state index contributed by atoms with van der Waals surface area (Å²) in [5.74, 6) is -1.56. The first-order valence-electron chi connectivity index (χ1n) is 10.7. The third-order valence-corrected chi connectivity index (χ3v) is 5.81. The zero-order valence-electron chi connectivity index (χ0n) is 18.2. The van der Waals surface area contributed by atoms with Crippen molar-refractivity contribution >= 4 is 23.4 Å². The quantitative estimate of drug-likeness (QED) is 0.513. The predicted octanol–water partition coefficient (Wildman–Crippen LogP) is 4.54. The molecule has 4 rings (SSSR count). The fourth-order valence-corrected chi connectivity index (χ4v) is 4.40. The van der Waals surface area contributed by atoms with Crippen molar-refractivity contribution in [3.8, 4) is 5.75 Å². The summed E-state index contributed by atoms with van der Waals surface area (Å²) in [5, 5.41) is 0. The van der Waals surface area contributed by atoms with E-state index in [4.69, 9.17) is 9.47 Å². The van der Waals surface area contributed by atoms with Crippen LogP contribution in [0.1, 0.15) is 50.2 Å². The van der Waals surface area contributed by atoms with Crippen molar-refractivity contribution in [1.29, 1.82) is 0 Å². The minimum absolute atomic E-state index is 0.0254. The zero-order valence-corrected chi connectivity index (χ0v) is 18.2. The van der Waals surface area contributed by atoms with Crippen molar-refractivity contribution < 1.29 is 23.9 Å². The molecule has 0 bridgehead atoms. The summed E-state index contributed by atoms with van der Waals surface area (Å²) in [4.78, 5) is 42.1. The van der Waals surface area contributed by atoms with Crippen LogP contribution >= 0.6 is 0 Å². The molecule has 2 aromatic rings. The number of ether oxygens (including phenoxy) is 2. The molecule has 0 fully saturated rings. The van der Waals surface area contributed by atoms with Crippen LogP contribution in [-0.2, 0) is 25.7 Å². The molecule has 0 N–H and O–H groups in total. The second-order valence-corrected chi connectivity index (χ2v) is 8.10. The van der Waals surface area contributed by atoms with Gasteiger partial charge in [-0.25, -0.2) is 0 Å². The van der Waals surface area contributed by atoms with E-state index >= 15 is 0 Å². The first-order chi connectivity index (χ1) is 15.4. The Morgan fingerprint density at radius 3 is 2.44 bits per heavy atom. The molecule has 0 radical (unpaired) electrons. The van der Waals surface area contributed by atoms with E-state index in [0.29, 0.717) is 29.9 Å². The molecule has 1 unspecified atom stereocenters. The summed E-state index contributed by atoms with van der Waals surface area (Å²) in [6.45, 7) is 3.31. The Morgan fingerprint density at radius 1 is 1.03 bits per heavy atom. The SMILES string of the molecule is CC(=O)Oc1ccc([C@H]2C3=C(CCCC3=O)N=C(C)C2C(=O)OCc2ccccc2)cc1. The summed E-state index contributed by atoms with van der Waals surface area (Å²) in [7, 11) is 0. The average molecular weight is 431 g/mol. The summed E-state index contributed by atoms with van der Waals surface area (Å²) < 4.78 is 10.8. The molecule has 2 aliphatic rings. The second-order valence-electron chi connectivity index (χ2n) is 8.10. The number of nitrogens with zero attached hydrogens (tertiary/aromatic N) is 1. The number of allylic oxidation sites excluding steroid dienone is 2. The van der Waals surface area contributed by atoms with Crippen LogP contribution in [0.3, 0.4) is 0 Å². The maximum atomic E-state index is 13.3. The number of benzene rings is 2. The zero-order chi connectivity index (χ0) is 22.7. The van der Waals surface area contributed by atoms with Gasteiger partial charge in [0, 0.05) is 36.2 Å². The van der Waals surface area contributed by atoms with Crippen LogP contribution in [0, 0.1) is 5.92 Å². The highest BCUT2D eigenvalue weighted by atomic mass is 16.5. The van der Waals surface area contributed by atoms with Gasteiger partial charge in [-0.2, -0.15) is 0 Å². The Hall–Kier alpha value is -3.54. The van der Waals surface area contributed by atoms with Gasteiger partial charge in [0.05, 0.1) is 0 Å². The number of aliphatic imine (C=N–C) groups is 1. The van der Waals surface area contributed by atoms with E-state index in [-0.39, 0.29) is 12.4 Å². The predicted molar refractivity (Wildman–Crippen MR) is 119 cm³/mol. The van der Waals surface area contributed by atoms with E-state index in [0.717, 1.165) is 23.2 Å². The van der Waals surface area contributed by atoms with Gasteiger partial charge in [-0.05, 0) is 43.0 Å². The van der Waals surface area contributed by atoms with Crippen LogP contribution in [0.4, 0.5) is 0 Å². The third kappa shape index (κ3) is 4.54. The lowest BCUT2D eigenvalue weighted by Crippen LogP contribution is -2.37. The number of carbonyl (C=O) groups is 3. The molecule has 32 heavy (non-hydrogen) atoms. The van der Waals surface area contributed by atoms with Gasteiger partial charge in [0.1, 0.15) is 18.3 Å². The minimum atomic E-state index is -0.695. The van der Waals surface area contributed by atoms with E-state index in [1.807, 2.05) is 37.3 Å². The number of ketones is 1. The second kappa shape index (κ2) is 9.30. The van der Waals surface area contributed by atoms with Crippen molar-refractivity contribution in [3.05, 3.63) is 77.0 Å². The van der Waals surface area contributed by atoms with Crippen molar-refractivity contribution in [2.75, 3.05) is 0 Å². The Balaban J connectivity index is 1.68. The molecular formula is C26H25NO5. The van der Waals surface area contributed by atoms with Gasteiger partial charge in [-0.1, -0.05) is 42.5 Å². The highest BCUT2D eigenvalue weighted by Gasteiger charge is 2.43. The number of Topliss-reactive ketones (excluding diaryl/α,β-unsaturated/α-hetero) is 1. The number of hydrogen-bond donors (Lipinski definition) is 0. The topological polar surface area (TPSA) is 82.0 Å². The molecule has 0 saturated heterocycles. The van der Waals surface area contributed by atoms with Crippen molar-refractivity contribution in [3.63, 3.8) is 0 Å². The van der Waals surface area contributed by atoms with Gasteiger partial charge < -0.3 is 9.47 Å². The van der Waals surface area contributed by atoms with Crippen LogP contribution in [0.2, 0.25) is 0 Å². The van der Waals surface area contributed by atoms with Crippen LogP contribution in [0.5, 0.6) is 5.75 Å². The van der Waals surface area contributed by atoms with Crippen LogP contribution in [0.15, 0.2) is 70.9 Å². The Morgan fingerprint density at radius 2 is 1.75 bits per heavy atom. The molecule has 0 aromatic heterocycles. The number of hydrogen-bond acceptors (Lipinski definition) is 6. The molecule has 0 spiro atoms. The Labute approximate surface area is 187 Å². The van der Waals surface area contributed by atoms with Crippen molar-refractivity contribution in [2.24, 2.45) is 10.9 Å². The molecule has 1 aliphatic carbocycles. The fraction of sp³-hybridized carbons (Fsp3) is 0.308. The molecular weight excluding hydrogens is 406 g/mol. The van der Waals surface area contributed by atoms with Gasteiger partial charge in [-0.3, -0.25) is 19.4 Å². The van der Waals surface area contributed by atoms with Gasteiger partial charge in [-0.15, -0.1) is 0 Å². The lowest BCUT2D eigenvalue weighted by molar-refractivity contribution is -0.148.